The second-order valence-corrected chi connectivity index (χ2v) is 8.67. The summed E-state index contributed by atoms with van der Waals surface area (Å²) in [5.41, 5.74) is 6.14. The fraction of sp³-hybridized carbons (Fsp3) is 0.0286. The molecule has 0 atom stereocenters. The molecule has 41 heavy (non-hydrogen) atoms. The minimum Gasteiger partial charge on any atom is -0.492 e. The van der Waals surface area contributed by atoms with E-state index in [1.54, 1.807) is 18.6 Å². The normalized spacial score (nSPS) is 11.1. The Labute approximate surface area is 255 Å². The number of anilines is 3. The molecule has 0 spiro atoms. The van der Waals surface area contributed by atoms with Crippen LogP contribution in [0.3, 0.4) is 0 Å². The number of benzene rings is 3. The summed E-state index contributed by atoms with van der Waals surface area (Å²) in [7, 11) is 1.99. The molecule has 5 nitrogen and oxygen atoms in total. The van der Waals surface area contributed by atoms with Crippen LogP contribution >= 0.6 is 0 Å². The number of nitrogens with zero attached hydrogens (tertiary/aromatic N) is 5. The second-order valence-electron chi connectivity index (χ2n) is 8.67. The third-order valence-corrected chi connectivity index (χ3v) is 5.90. The Hall–Kier alpha value is -4.64. The van der Waals surface area contributed by atoms with Crippen molar-refractivity contribution in [1.29, 1.82) is 0 Å². The number of fused-ring (bicyclic) bond motifs is 1. The monoisotopic (exact) mass is 710 g/mol. The molecule has 3 aromatic heterocycles. The average molecular weight is 710 g/mol. The van der Waals surface area contributed by atoms with Crippen molar-refractivity contribution in [2.45, 2.75) is 0 Å². The van der Waals surface area contributed by atoms with Gasteiger partial charge in [0.2, 0.25) is 0 Å². The Morgan fingerprint density at radius 2 is 1.10 bits per heavy atom. The molecule has 0 fully saturated rings. The van der Waals surface area contributed by atoms with Gasteiger partial charge in [0.1, 0.15) is 5.82 Å². The fourth-order valence-electron chi connectivity index (χ4n) is 4.01. The van der Waals surface area contributed by atoms with Gasteiger partial charge >= 0.3 is 0 Å². The van der Waals surface area contributed by atoms with Crippen molar-refractivity contribution >= 4 is 17.2 Å². The summed E-state index contributed by atoms with van der Waals surface area (Å²) < 4.78 is 0. The van der Waals surface area contributed by atoms with Gasteiger partial charge in [-0.15, -0.1) is 77.5 Å². The standard InChI is InChI=1S/C13H11N3.2C11H8N.Ir/c1-15-10-16(11-6-3-2-4-7-11)12-8-5-9-14-13(12)15;2*1-2-6-10(7-3-1)11-8-4-5-9-12-11;/h2-6,8-10H,1H3;2*1-6,8-9H;/q-2;2*-1;. The van der Waals surface area contributed by atoms with E-state index in [1.807, 2.05) is 134 Å². The van der Waals surface area contributed by atoms with Crippen LogP contribution in [0.5, 0.6) is 0 Å². The van der Waals surface area contributed by atoms with E-state index in [0.717, 1.165) is 39.7 Å². The summed E-state index contributed by atoms with van der Waals surface area (Å²) in [4.78, 5) is 16.9. The number of hydrogen-bond acceptors (Lipinski definition) is 5. The van der Waals surface area contributed by atoms with E-state index in [1.165, 1.54) is 0 Å². The molecule has 7 rings (SSSR count). The second kappa shape index (κ2) is 15.2. The molecular weight excluding hydrogens is 683 g/mol. The minimum absolute atomic E-state index is 0. The number of pyridine rings is 3. The molecule has 1 aliphatic rings. The molecule has 1 aliphatic heterocycles. The maximum Gasteiger partial charge on any atom is 0.121 e. The van der Waals surface area contributed by atoms with E-state index < -0.39 is 0 Å². The van der Waals surface area contributed by atoms with Crippen LogP contribution in [0.4, 0.5) is 17.2 Å². The summed E-state index contributed by atoms with van der Waals surface area (Å²) in [5, 5.41) is 0. The van der Waals surface area contributed by atoms with Crippen molar-refractivity contribution in [3.8, 4) is 22.5 Å². The van der Waals surface area contributed by atoms with Gasteiger partial charge in [0.05, 0.1) is 5.69 Å². The van der Waals surface area contributed by atoms with Gasteiger partial charge in [-0.1, -0.05) is 24.3 Å². The van der Waals surface area contributed by atoms with Crippen molar-refractivity contribution in [2.75, 3.05) is 16.8 Å². The summed E-state index contributed by atoms with van der Waals surface area (Å²) in [6.45, 7) is 2.02. The number of rotatable bonds is 3. The van der Waals surface area contributed by atoms with Crippen molar-refractivity contribution in [1.82, 2.24) is 15.0 Å². The van der Waals surface area contributed by atoms with Crippen LogP contribution in [0.2, 0.25) is 0 Å². The molecule has 6 aromatic rings. The van der Waals surface area contributed by atoms with Crippen LogP contribution in [-0.4, -0.2) is 22.0 Å². The van der Waals surface area contributed by atoms with Gasteiger partial charge in [-0.05, 0) is 42.7 Å². The first-order valence-corrected chi connectivity index (χ1v) is 12.8. The predicted octanol–water partition coefficient (Wildman–Crippen LogP) is 7.68. The zero-order valence-electron chi connectivity index (χ0n) is 22.4. The van der Waals surface area contributed by atoms with Gasteiger partial charge < -0.3 is 19.8 Å². The molecule has 0 unspecified atom stereocenters. The summed E-state index contributed by atoms with van der Waals surface area (Å²) >= 11 is 0. The van der Waals surface area contributed by atoms with Gasteiger partial charge in [0.15, 0.2) is 0 Å². The van der Waals surface area contributed by atoms with E-state index in [-0.39, 0.29) is 20.1 Å². The van der Waals surface area contributed by atoms with Crippen molar-refractivity contribution < 1.29 is 20.1 Å². The maximum atomic E-state index is 4.36. The molecule has 0 N–H and O–H groups in total. The first kappa shape index (κ1) is 29.3. The molecule has 6 heteroatoms. The SMILES string of the molecule is CN1[CH-]N(c2[c-]cccc2)c2cccnc21.[Ir].[c-]1ccccc1-c1ccccn1.[c-]1ccccc1-c1ccccn1. The first-order chi connectivity index (χ1) is 19.8. The van der Waals surface area contributed by atoms with Crippen LogP contribution < -0.4 is 9.80 Å². The Bertz CT molecular complexity index is 1420. The topological polar surface area (TPSA) is 45.2 Å². The van der Waals surface area contributed by atoms with Crippen molar-refractivity contribution in [3.63, 3.8) is 0 Å². The predicted molar refractivity (Wildman–Crippen MR) is 161 cm³/mol. The first-order valence-electron chi connectivity index (χ1n) is 12.8. The van der Waals surface area contributed by atoms with Crippen LogP contribution in [-0.2, 0) is 20.1 Å². The number of para-hydroxylation sites is 1. The van der Waals surface area contributed by atoms with E-state index in [0.29, 0.717) is 0 Å². The van der Waals surface area contributed by atoms with Crippen LogP contribution in [0.1, 0.15) is 0 Å². The van der Waals surface area contributed by atoms with Crippen LogP contribution in [0.25, 0.3) is 22.5 Å². The molecule has 0 aliphatic carbocycles. The quantitative estimate of drug-likeness (QED) is 0.177. The minimum atomic E-state index is 0. The molecule has 205 valence electrons. The molecule has 0 saturated heterocycles. The van der Waals surface area contributed by atoms with E-state index >= 15 is 0 Å². The van der Waals surface area contributed by atoms with Gasteiger partial charge in [0.25, 0.3) is 0 Å². The molecule has 0 bridgehead atoms. The zero-order valence-corrected chi connectivity index (χ0v) is 24.8. The van der Waals surface area contributed by atoms with Gasteiger partial charge in [0, 0.05) is 38.7 Å². The molecule has 1 radical (unpaired) electrons. The molecule has 4 heterocycles. The average Bonchev–Trinajstić information content (AvgIpc) is 3.40. The summed E-state index contributed by atoms with van der Waals surface area (Å²) in [6, 6.07) is 48.8. The Kier molecular flexibility index (Phi) is 10.9. The molecule has 3 aromatic carbocycles. The van der Waals surface area contributed by atoms with Crippen molar-refractivity contribution in [3.05, 3.63) is 165 Å². The summed E-state index contributed by atoms with van der Waals surface area (Å²) in [6.07, 6.45) is 5.38. The van der Waals surface area contributed by atoms with Gasteiger partial charge in [-0.2, -0.15) is 37.0 Å². The third-order valence-electron chi connectivity index (χ3n) is 5.90. The van der Waals surface area contributed by atoms with Crippen molar-refractivity contribution in [2.24, 2.45) is 0 Å². The molecule has 0 amide bonds. The smallest absolute Gasteiger partial charge is 0.121 e. The van der Waals surface area contributed by atoms with Crippen LogP contribution in [0.15, 0.2) is 140 Å². The fourth-order valence-corrected chi connectivity index (χ4v) is 4.01. The van der Waals surface area contributed by atoms with E-state index in [9.17, 15) is 0 Å². The largest absolute Gasteiger partial charge is 0.492 e. The summed E-state index contributed by atoms with van der Waals surface area (Å²) in [5.74, 6) is 0.972. The molecule has 0 saturated carbocycles. The number of hydrogen-bond donors (Lipinski definition) is 0. The Balaban J connectivity index is 0.000000142. The zero-order chi connectivity index (χ0) is 27.4. The van der Waals surface area contributed by atoms with E-state index in [2.05, 4.69) is 44.1 Å². The van der Waals surface area contributed by atoms with Crippen LogP contribution in [0, 0.1) is 24.9 Å². The Morgan fingerprint density at radius 3 is 1.59 bits per heavy atom. The van der Waals surface area contributed by atoms with E-state index in [4.69, 9.17) is 0 Å². The Morgan fingerprint density at radius 1 is 0.561 bits per heavy atom. The maximum absolute atomic E-state index is 4.36. The molecular formula is C35H27IrN5-4. The number of aromatic nitrogens is 3. The van der Waals surface area contributed by atoms with Gasteiger partial charge in [-0.3, -0.25) is 0 Å². The third kappa shape index (κ3) is 7.95. The van der Waals surface area contributed by atoms with Gasteiger partial charge in [-0.25, -0.2) is 4.98 Å².